The molecule has 0 spiro atoms. The maximum Gasteiger partial charge on any atom is 0.251 e. The summed E-state index contributed by atoms with van der Waals surface area (Å²) >= 11 is 0. The fourth-order valence-electron chi connectivity index (χ4n) is 4.17. The zero-order chi connectivity index (χ0) is 19.1. The van der Waals surface area contributed by atoms with Gasteiger partial charge >= 0.3 is 0 Å². The predicted octanol–water partition coefficient (Wildman–Crippen LogP) is 3.35. The molecule has 0 saturated heterocycles. The van der Waals surface area contributed by atoms with Gasteiger partial charge in [-0.25, -0.2) is 0 Å². The lowest BCUT2D eigenvalue weighted by atomic mass is 9.56. The Morgan fingerprint density at radius 2 is 1.77 bits per heavy atom. The number of rotatable bonds is 3. The molecule has 136 valence electrons. The van der Waals surface area contributed by atoms with E-state index >= 15 is 0 Å². The van der Waals surface area contributed by atoms with Crippen LogP contribution in [0.4, 0.5) is 0 Å². The summed E-state index contributed by atoms with van der Waals surface area (Å²) in [4.78, 5) is 38.8. The molecule has 1 amide bonds. The van der Waals surface area contributed by atoms with Crippen LogP contribution in [0.25, 0.3) is 0 Å². The summed E-state index contributed by atoms with van der Waals surface area (Å²) in [5.74, 6) is -0.800. The standard InChI is InChI=1S/C22H25NO3/c1-13(2)16-12-18(24)22(4)17(11-10-14(3)19(22)20(16)25)23-21(26)15-8-6-5-7-9-15/h5-14,17,19H,1-4H3,(H,23,26)/t14-,17+,19+,22-/m1/s1. The number of hydrogen-bond donors (Lipinski definition) is 1. The molecule has 0 aliphatic heterocycles. The van der Waals surface area contributed by atoms with Gasteiger partial charge < -0.3 is 5.32 Å². The van der Waals surface area contributed by atoms with E-state index in [0.717, 1.165) is 0 Å². The molecule has 0 heterocycles. The van der Waals surface area contributed by atoms with Crippen molar-refractivity contribution >= 4 is 17.5 Å². The Hall–Kier alpha value is -2.49. The van der Waals surface area contributed by atoms with Crippen molar-refractivity contribution in [2.45, 2.75) is 33.7 Å². The monoisotopic (exact) mass is 351 g/mol. The second-order valence-electron chi connectivity index (χ2n) is 7.80. The van der Waals surface area contributed by atoms with Crippen LogP contribution in [-0.2, 0) is 9.59 Å². The normalized spacial score (nSPS) is 30.8. The lowest BCUT2D eigenvalue weighted by molar-refractivity contribution is -0.139. The summed E-state index contributed by atoms with van der Waals surface area (Å²) in [5.41, 5.74) is 0.161. The van der Waals surface area contributed by atoms with Gasteiger partial charge in [-0.1, -0.05) is 51.1 Å². The molecule has 0 fully saturated rings. The second-order valence-corrected chi connectivity index (χ2v) is 7.80. The van der Waals surface area contributed by atoms with Crippen molar-refractivity contribution in [3.8, 4) is 0 Å². The second kappa shape index (κ2) is 6.67. The van der Waals surface area contributed by atoms with E-state index in [-0.39, 0.29) is 29.3 Å². The number of hydrogen-bond acceptors (Lipinski definition) is 3. The molecule has 0 radical (unpaired) electrons. The number of nitrogens with one attached hydrogen (secondary N) is 1. The third-order valence-electron chi connectivity index (χ3n) is 5.75. The third-order valence-corrected chi connectivity index (χ3v) is 5.75. The molecule has 2 aliphatic rings. The van der Waals surface area contributed by atoms with Crippen molar-refractivity contribution < 1.29 is 14.4 Å². The summed E-state index contributed by atoms with van der Waals surface area (Å²) in [5, 5.41) is 2.96. The van der Waals surface area contributed by atoms with Crippen molar-refractivity contribution in [1.82, 2.24) is 5.32 Å². The first-order valence-electron chi connectivity index (χ1n) is 9.11. The third kappa shape index (κ3) is 2.83. The average Bonchev–Trinajstić information content (AvgIpc) is 2.61. The Bertz CT molecular complexity index is 806. The maximum atomic E-state index is 13.1. The van der Waals surface area contributed by atoms with E-state index in [1.807, 2.05) is 39.0 Å². The van der Waals surface area contributed by atoms with Gasteiger partial charge in [0.05, 0.1) is 11.5 Å². The van der Waals surface area contributed by atoms with Gasteiger partial charge in [-0.05, 0) is 37.0 Å². The Balaban J connectivity index is 1.98. The summed E-state index contributed by atoms with van der Waals surface area (Å²) in [7, 11) is 0. The van der Waals surface area contributed by atoms with Crippen molar-refractivity contribution in [2.75, 3.05) is 0 Å². The molecule has 26 heavy (non-hydrogen) atoms. The molecule has 0 saturated carbocycles. The first-order valence-corrected chi connectivity index (χ1v) is 9.11. The lowest BCUT2D eigenvalue weighted by Gasteiger charge is -2.47. The molecule has 0 aromatic heterocycles. The molecule has 4 heteroatoms. The van der Waals surface area contributed by atoms with Gasteiger partial charge in [-0.3, -0.25) is 14.4 Å². The van der Waals surface area contributed by atoms with Crippen LogP contribution in [0.3, 0.4) is 0 Å². The number of fused-ring (bicyclic) bond motifs is 1. The molecule has 0 bridgehead atoms. The van der Waals surface area contributed by atoms with Gasteiger partial charge in [0.1, 0.15) is 0 Å². The van der Waals surface area contributed by atoms with Crippen LogP contribution in [0.2, 0.25) is 0 Å². The Kier molecular flexibility index (Phi) is 4.70. The number of Topliss-reactive ketones (excluding diaryl/α,β-unsaturated/α-hetero) is 1. The minimum absolute atomic E-state index is 0.00599. The molecule has 1 aromatic rings. The number of amides is 1. The van der Waals surface area contributed by atoms with Crippen molar-refractivity contribution in [3.05, 3.63) is 59.7 Å². The fraction of sp³-hybridized carbons (Fsp3) is 0.409. The number of allylic oxidation sites excluding steroid dienone is 3. The molecule has 2 aliphatic carbocycles. The van der Waals surface area contributed by atoms with Gasteiger partial charge in [0.25, 0.3) is 5.91 Å². The molecular weight excluding hydrogens is 326 g/mol. The van der Waals surface area contributed by atoms with Gasteiger partial charge in [-0.15, -0.1) is 0 Å². The van der Waals surface area contributed by atoms with Crippen LogP contribution < -0.4 is 5.32 Å². The summed E-state index contributed by atoms with van der Waals surface area (Å²) in [6.45, 7) is 7.62. The Morgan fingerprint density at radius 3 is 2.38 bits per heavy atom. The van der Waals surface area contributed by atoms with Crippen LogP contribution in [-0.4, -0.2) is 23.5 Å². The van der Waals surface area contributed by atoms with Gasteiger partial charge in [0, 0.05) is 17.1 Å². The van der Waals surface area contributed by atoms with Crippen molar-refractivity contribution in [2.24, 2.45) is 23.2 Å². The van der Waals surface area contributed by atoms with Gasteiger partial charge in [0.2, 0.25) is 0 Å². The van der Waals surface area contributed by atoms with Gasteiger partial charge in [0.15, 0.2) is 11.6 Å². The van der Waals surface area contributed by atoms with Crippen LogP contribution >= 0.6 is 0 Å². The van der Waals surface area contributed by atoms with Crippen LogP contribution in [0.15, 0.2) is 54.1 Å². The summed E-state index contributed by atoms with van der Waals surface area (Å²) in [6.07, 6.45) is 5.30. The molecule has 1 aromatic carbocycles. The largest absolute Gasteiger partial charge is 0.345 e. The Morgan fingerprint density at radius 1 is 1.12 bits per heavy atom. The first kappa shape index (κ1) is 18.3. The maximum absolute atomic E-state index is 13.1. The topological polar surface area (TPSA) is 63.2 Å². The molecule has 4 atom stereocenters. The zero-order valence-corrected chi connectivity index (χ0v) is 15.7. The highest BCUT2D eigenvalue weighted by molar-refractivity contribution is 6.13. The number of benzene rings is 1. The first-order chi connectivity index (χ1) is 12.3. The highest BCUT2D eigenvalue weighted by atomic mass is 16.2. The van der Waals surface area contributed by atoms with E-state index in [4.69, 9.17) is 0 Å². The number of ketones is 2. The van der Waals surface area contributed by atoms with E-state index in [1.165, 1.54) is 6.08 Å². The molecule has 4 nitrogen and oxygen atoms in total. The predicted molar refractivity (Wildman–Crippen MR) is 101 cm³/mol. The van der Waals surface area contributed by atoms with E-state index in [1.54, 1.807) is 31.2 Å². The molecule has 3 rings (SSSR count). The van der Waals surface area contributed by atoms with E-state index < -0.39 is 17.4 Å². The van der Waals surface area contributed by atoms with Crippen molar-refractivity contribution in [3.63, 3.8) is 0 Å². The molecular formula is C22H25NO3. The van der Waals surface area contributed by atoms with Crippen LogP contribution in [0, 0.1) is 23.2 Å². The highest BCUT2D eigenvalue weighted by Gasteiger charge is 2.55. The quantitative estimate of drug-likeness (QED) is 0.850. The van der Waals surface area contributed by atoms with E-state index in [2.05, 4.69) is 5.32 Å². The van der Waals surface area contributed by atoms with Gasteiger partial charge in [-0.2, -0.15) is 0 Å². The number of carbonyl (C=O) groups excluding carboxylic acids is 3. The summed E-state index contributed by atoms with van der Waals surface area (Å²) in [6, 6.07) is 8.38. The minimum atomic E-state index is -0.964. The zero-order valence-electron chi connectivity index (χ0n) is 15.7. The van der Waals surface area contributed by atoms with E-state index in [9.17, 15) is 14.4 Å². The average molecular weight is 351 g/mol. The smallest absolute Gasteiger partial charge is 0.251 e. The van der Waals surface area contributed by atoms with E-state index in [0.29, 0.717) is 11.1 Å². The van der Waals surface area contributed by atoms with Crippen LogP contribution in [0.5, 0.6) is 0 Å². The molecule has 0 unspecified atom stereocenters. The number of carbonyl (C=O) groups is 3. The Labute approximate surface area is 154 Å². The fourth-order valence-corrected chi connectivity index (χ4v) is 4.17. The SMILES string of the molecule is CC(C)C1=CC(=O)[C@@]2(C)[C@@H](NC(=O)c3ccccc3)C=C[C@@H](C)[C@H]2C1=O. The molecule has 1 N–H and O–H groups in total. The lowest BCUT2D eigenvalue weighted by Crippen LogP contribution is -2.60. The van der Waals surface area contributed by atoms with Crippen molar-refractivity contribution in [1.29, 1.82) is 0 Å². The van der Waals surface area contributed by atoms with Crippen LogP contribution in [0.1, 0.15) is 38.1 Å². The highest BCUT2D eigenvalue weighted by Crippen LogP contribution is 2.47. The minimum Gasteiger partial charge on any atom is -0.345 e. The summed E-state index contributed by atoms with van der Waals surface area (Å²) < 4.78 is 0.